The van der Waals surface area contributed by atoms with E-state index >= 15 is 0 Å². The first-order chi connectivity index (χ1) is 13.3. The molecule has 1 aliphatic rings. The van der Waals surface area contributed by atoms with Crippen LogP contribution in [0.2, 0.25) is 0 Å². The third-order valence-corrected chi connectivity index (χ3v) is 5.84. The number of carbonyl (C=O) groups excluding carboxylic acids is 1. The average Bonchev–Trinajstić information content (AvgIpc) is 3.08. The van der Waals surface area contributed by atoms with Crippen molar-refractivity contribution in [3.63, 3.8) is 0 Å². The molecule has 0 spiro atoms. The van der Waals surface area contributed by atoms with Gasteiger partial charge in [-0.3, -0.25) is 4.79 Å². The van der Waals surface area contributed by atoms with Gasteiger partial charge in [-0.25, -0.2) is 0 Å². The first-order valence-electron chi connectivity index (χ1n) is 11.6. The summed E-state index contributed by atoms with van der Waals surface area (Å²) in [6.07, 6.45) is 19.9. The van der Waals surface area contributed by atoms with Crippen LogP contribution in [0.3, 0.4) is 0 Å². The van der Waals surface area contributed by atoms with E-state index in [0.717, 1.165) is 25.7 Å². The van der Waals surface area contributed by atoms with Crippen molar-refractivity contribution in [3.05, 3.63) is 35.4 Å². The molecule has 0 radical (unpaired) electrons. The Morgan fingerprint density at radius 2 is 1.41 bits per heavy atom. The molecular formula is C25H40O2. The zero-order valence-corrected chi connectivity index (χ0v) is 17.5. The number of unbranched alkanes of at least 4 members (excludes halogenated alkanes) is 12. The van der Waals surface area contributed by atoms with Crippen LogP contribution in [0.5, 0.6) is 0 Å². The summed E-state index contributed by atoms with van der Waals surface area (Å²) >= 11 is 0. The summed E-state index contributed by atoms with van der Waals surface area (Å²) in [7, 11) is 0. The number of aryl methyl sites for hydroxylation is 1. The van der Waals surface area contributed by atoms with Gasteiger partial charge in [-0.15, -0.1) is 0 Å². The normalized spacial score (nSPS) is 15.7. The molecule has 0 N–H and O–H groups in total. The monoisotopic (exact) mass is 372 g/mol. The highest BCUT2D eigenvalue weighted by molar-refractivity contribution is 5.69. The van der Waals surface area contributed by atoms with Gasteiger partial charge in [0.1, 0.15) is 6.10 Å². The van der Waals surface area contributed by atoms with Crippen LogP contribution in [-0.2, 0) is 16.0 Å². The zero-order chi connectivity index (χ0) is 19.2. The molecule has 1 aliphatic carbocycles. The molecule has 1 aromatic rings. The van der Waals surface area contributed by atoms with Gasteiger partial charge in [0.05, 0.1) is 0 Å². The molecule has 1 aromatic carbocycles. The van der Waals surface area contributed by atoms with Gasteiger partial charge in [-0.05, 0) is 30.4 Å². The molecule has 0 amide bonds. The highest BCUT2D eigenvalue weighted by atomic mass is 16.5. The van der Waals surface area contributed by atoms with E-state index in [1.54, 1.807) is 0 Å². The van der Waals surface area contributed by atoms with E-state index in [4.69, 9.17) is 4.74 Å². The van der Waals surface area contributed by atoms with Crippen molar-refractivity contribution in [1.29, 1.82) is 0 Å². The number of rotatable bonds is 15. The summed E-state index contributed by atoms with van der Waals surface area (Å²) in [4.78, 5) is 12.1. The van der Waals surface area contributed by atoms with Gasteiger partial charge >= 0.3 is 5.97 Å². The second-order valence-corrected chi connectivity index (χ2v) is 8.21. The molecule has 152 valence electrons. The summed E-state index contributed by atoms with van der Waals surface area (Å²) < 4.78 is 5.71. The Morgan fingerprint density at radius 1 is 0.852 bits per heavy atom. The predicted molar refractivity (Wildman–Crippen MR) is 114 cm³/mol. The molecule has 2 heteroatoms. The number of carbonyl (C=O) groups is 1. The second-order valence-electron chi connectivity index (χ2n) is 8.21. The van der Waals surface area contributed by atoms with Crippen LogP contribution in [0.4, 0.5) is 0 Å². The molecule has 0 saturated carbocycles. The fourth-order valence-corrected chi connectivity index (χ4v) is 4.15. The molecule has 0 aliphatic heterocycles. The van der Waals surface area contributed by atoms with E-state index in [1.165, 1.54) is 81.8 Å². The van der Waals surface area contributed by atoms with Gasteiger partial charge < -0.3 is 4.74 Å². The van der Waals surface area contributed by atoms with E-state index in [0.29, 0.717) is 6.42 Å². The molecule has 0 saturated heterocycles. The minimum absolute atomic E-state index is 0.00401. The number of ether oxygens (including phenoxy) is 1. The third kappa shape index (κ3) is 8.95. The number of benzene rings is 1. The van der Waals surface area contributed by atoms with Gasteiger partial charge in [-0.1, -0.05) is 108 Å². The van der Waals surface area contributed by atoms with Crippen molar-refractivity contribution in [2.75, 3.05) is 0 Å². The molecule has 0 bridgehead atoms. The highest BCUT2D eigenvalue weighted by Gasteiger charge is 2.24. The van der Waals surface area contributed by atoms with Crippen molar-refractivity contribution in [1.82, 2.24) is 0 Å². The lowest BCUT2D eigenvalue weighted by Gasteiger charge is -2.13. The summed E-state index contributed by atoms with van der Waals surface area (Å²) in [6.45, 7) is 2.28. The summed E-state index contributed by atoms with van der Waals surface area (Å²) in [6, 6.07) is 8.36. The minimum Gasteiger partial charge on any atom is -0.457 e. The third-order valence-electron chi connectivity index (χ3n) is 5.84. The molecule has 0 aromatic heterocycles. The van der Waals surface area contributed by atoms with E-state index in [1.807, 2.05) is 6.07 Å². The van der Waals surface area contributed by atoms with Crippen molar-refractivity contribution >= 4 is 5.97 Å². The van der Waals surface area contributed by atoms with Gasteiger partial charge in [0.15, 0.2) is 0 Å². The van der Waals surface area contributed by atoms with E-state index in [9.17, 15) is 4.79 Å². The number of fused-ring (bicyclic) bond motifs is 1. The van der Waals surface area contributed by atoms with Crippen LogP contribution in [0.25, 0.3) is 0 Å². The van der Waals surface area contributed by atoms with Crippen LogP contribution in [0, 0.1) is 0 Å². The average molecular weight is 373 g/mol. The van der Waals surface area contributed by atoms with Crippen LogP contribution in [0.15, 0.2) is 24.3 Å². The van der Waals surface area contributed by atoms with Crippen molar-refractivity contribution in [2.24, 2.45) is 0 Å². The summed E-state index contributed by atoms with van der Waals surface area (Å²) in [5.41, 5.74) is 2.56. The standard InChI is InChI=1S/C25H40O2/c1-2-3-4-5-6-7-8-9-10-11-12-13-14-19-25(26)27-24-21-20-22-17-15-16-18-23(22)24/h15-18,24H,2-14,19-21H2,1H3/t24-/m1/s1. The maximum absolute atomic E-state index is 12.1. The Kier molecular flexibility index (Phi) is 11.2. The summed E-state index contributed by atoms with van der Waals surface area (Å²) in [5.74, 6) is -0.0141. The maximum atomic E-state index is 12.1. The van der Waals surface area contributed by atoms with Gasteiger partial charge in [0.25, 0.3) is 0 Å². The van der Waals surface area contributed by atoms with Crippen molar-refractivity contribution < 1.29 is 9.53 Å². The zero-order valence-electron chi connectivity index (χ0n) is 17.5. The fourth-order valence-electron chi connectivity index (χ4n) is 4.15. The lowest BCUT2D eigenvalue weighted by atomic mass is 10.0. The Bertz CT molecular complexity index is 523. The predicted octanol–water partition coefficient (Wildman–Crippen LogP) is 7.70. The Labute approximate surface area is 167 Å². The topological polar surface area (TPSA) is 26.3 Å². The van der Waals surface area contributed by atoms with E-state index < -0.39 is 0 Å². The molecule has 0 unspecified atom stereocenters. The first-order valence-corrected chi connectivity index (χ1v) is 11.6. The molecule has 0 fully saturated rings. The lowest BCUT2D eigenvalue weighted by molar-refractivity contribution is -0.149. The van der Waals surface area contributed by atoms with E-state index in [2.05, 4.69) is 25.1 Å². The SMILES string of the molecule is CCCCCCCCCCCCCCCC(=O)O[C@@H]1CCc2ccccc21. The number of hydrogen-bond acceptors (Lipinski definition) is 2. The van der Waals surface area contributed by atoms with Crippen LogP contribution < -0.4 is 0 Å². The van der Waals surface area contributed by atoms with Gasteiger partial charge in [0, 0.05) is 6.42 Å². The Hall–Kier alpha value is -1.31. The molecule has 2 rings (SSSR count). The van der Waals surface area contributed by atoms with Crippen LogP contribution >= 0.6 is 0 Å². The smallest absolute Gasteiger partial charge is 0.306 e. The molecular weight excluding hydrogens is 332 g/mol. The Morgan fingerprint density at radius 3 is 2.04 bits per heavy atom. The van der Waals surface area contributed by atoms with Crippen molar-refractivity contribution in [3.8, 4) is 0 Å². The molecule has 27 heavy (non-hydrogen) atoms. The first kappa shape index (κ1) is 22.0. The van der Waals surface area contributed by atoms with Crippen LogP contribution in [0.1, 0.15) is 120 Å². The number of hydrogen-bond donors (Lipinski definition) is 0. The lowest BCUT2D eigenvalue weighted by Crippen LogP contribution is -2.09. The number of esters is 1. The van der Waals surface area contributed by atoms with E-state index in [-0.39, 0.29) is 12.1 Å². The van der Waals surface area contributed by atoms with Crippen LogP contribution in [-0.4, -0.2) is 5.97 Å². The van der Waals surface area contributed by atoms with Gasteiger partial charge in [0.2, 0.25) is 0 Å². The quantitative estimate of drug-likeness (QED) is 0.233. The molecule has 1 atom stereocenters. The Balaban J connectivity index is 1.39. The molecule has 0 heterocycles. The van der Waals surface area contributed by atoms with Crippen molar-refractivity contribution in [2.45, 2.75) is 116 Å². The fraction of sp³-hybridized carbons (Fsp3) is 0.720. The molecule has 2 nitrogen and oxygen atoms in total. The largest absolute Gasteiger partial charge is 0.457 e. The second kappa shape index (κ2) is 13.8. The van der Waals surface area contributed by atoms with Gasteiger partial charge in [-0.2, -0.15) is 0 Å². The maximum Gasteiger partial charge on any atom is 0.306 e. The minimum atomic E-state index is -0.0141. The summed E-state index contributed by atoms with van der Waals surface area (Å²) in [5, 5.41) is 0. The highest BCUT2D eigenvalue weighted by Crippen LogP contribution is 2.34.